The zero-order valence-electron chi connectivity index (χ0n) is 17.3. The number of anilines is 1. The van der Waals surface area contributed by atoms with Crippen molar-refractivity contribution < 1.29 is 19.1 Å². The molecule has 1 aliphatic rings. The van der Waals surface area contributed by atoms with Crippen molar-refractivity contribution in [3.05, 3.63) is 53.6 Å². The van der Waals surface area contributed by atoms with Crippen LogP contribution in [0.3, 0.4) is 0 Å². The van der Waals surface area contributed by atoms with E-state index in [1.165, 1.54) is 0 Å². The maximum Gasteiger partial charge on any atom is 0.316 e. The van der Waals surface area contributed by atoms with E-state index in [2.05, 4.69) is 15.8 Å². The summed E-state index contributed by atoms with van der Waals surface area (Å²) in [4.78, 5) is 23.6. The quantitative estimate of drug-likeness (QED) is 0.651. The first-order valence-corrected chi connectivity index (χ1v) is 9.72. The maximum atomic E-state index is 12.6. The zero-order valence-corrected chi connectivity index (χ0v) is 17.3. The van der Waals surface area contributed by atoms with Gasteiger partial charge in [-0.15, -0.1) is 0 Å². The Balaban J connectivity index is 1.85. The number of hydrogen-bond donors (Lipinski definition) is 3. The number of urea groups is 1. The predicted octanol–water partition coefficient (Wildman–Crippen LogP) is 2.91. The van der Waals surface area contributed by atoms with Gasteiger partial charge in [-0.2, -0.15) is 5.10 Å². The molecule has 1 heterocycles. The number of primary amides is 1. The van der Waals surface area contributed by atoms with Crippen molar-refractivity contribution in [2.45, 2.75) is 19.8 Å². The topological polar surface area (TPSA) is 115 Å². The second-order valence-electron chi connectivity index (χ2n) is 7.05. The van der Waals surface area contributed by atoms with Crippen LogP contribution in [0.1, 0.15) is 24.5 Å². The van der Waals surface area contributed by atoms with Crippen LogP contribution in [-0.2, 0) is 11.2 Å². The van der Waals surface area contributed by atoms with Crippen molar-refractivity contribution in [1.82, 2.24) is 5.43 Å². The lowest BCUT2D eigenvalue weighted by Gasteiger charge is -2.30. The van der Waals surface area contributed by atoms with Crippen molar-refractivity contribution in [1.29, 1.82) is 0 Å². The van der Waals surface area contributed by atoms with E-state index in [0.29, 0.717) is 23.6 Å². The third-order valence-electron chi connectivity index (χ3n) is 5.26. The van der Waals surface area contributed by atoms with Crippen LogP contribution in [-0.4, -0.2) is 31.9 Å². The summed E-state index contributed by atoms with van der Waals surface area (Å²) in [6, 6.07) is 12.3. The summed E-state index contributed by atoms with van der Waals surface area (Å²) in [5.41, 5.74) is 11.1. The molecule has 0 fully saturated rings. The molecule has 8 nitrogen and oxygen atoms in total. The number of carbonyl (C=O) groups excluding carboxylic acids is 2. The van der Waals surface area contributed by atoms with Gasteiger partial charge < -0.3 is 20.5 Å². The minimum absolute atomic E-state index is 0.0553. The molecule has 3 amide bonds. The molecule has 2 aromatic rings. The molecule has 2 aromatic carbocycles. The van der Waals surface area contributed by atoms with Gasteiger partial charge >= 0.3 is 6.03 Å². The predicted molar refractivity (Wildman–Crippen MR) is 115 cm³/mol. The molecule has 2 atom stereocenters. The maximum absolute atomic E-state index is 12.6. The highest BCUT2D eigenvalue weighted by Crippen LogP contribution is 2.33. The van der Waals surface area contributed by atoms with Crippen molar-refractivity contribution in [3.8, 4) is 11.5 Å². The number of nitrogens with two attached hydrogens (primary N) is 1. The Morgan fingerprint density at radius 3 is 2.40 bits per heavy atom. The molecule has 0 saturated heterocycles. The first-order valence-electron chi connectivity index (χ1n) is 9.72. The van der Waals surface area contributed by atoms with Crippen molar-refractivity contribution in [3.63, 3.8) is 0 Å². The molecule has 8 heteroatoms. The zero-order chi connectivity index (χ0) is 21.7. The molecule has 30 heavy (non-hydrogen) atoms. The molecule has 0 spiro atoms. The number of methoxy groups -OCH3 is 2. The van der Waals surface area contributed by atoms with Gasteiger partial charge in [0.1, 0.15) is 0 Å². The fourth-order valence-corrected chi connectivity index (χ4v) is 3.76. The van der Waals surface area contributed by atoms with Crippen LogP contribution < -0.4 is 25.9 Å². The number of nitrogens with one attached hydrogen (secondary N) is 2. The van der Waals surface area contributed by atoms with Gasteiger partial charge in [0.15, 0.2) is 11.5 Å². The highest BCUT2D eigenvalue weighted by Gasteiger charge is 2.35. The minimum atomic E-state index is -0.615. The van der Waals surface area contributed by atoms with Crippen LogP contribution in [0.25, 0.3) is 0 Å². The van der Waals surface area contributed by atoms with Crippen LogP contribution in [0.5, 0.6) is 11.5 Å². The summed E-state index contributed by atoms with van der Waals surface area (Å²) in [6.45, 7) is 2.05. The van der Waals surface area contributed by atoms with Gasteiger partial charge in [-0.1, -0.05) is 19.1 Å². The molecule has 0 radical (unpaired) electrons. The first-order chi connectivity index (χ1) is 14.5. The summed E-state index contributed by atoms with van der Waals surface area (Å²) < 4.78 is 10.7. The van der Waals surface area contributed by atoms with Crippen LogP contribution >= 0.6 is 0 Å². The van der Waals surface area contributed by atoms with Crippen LogP contribution in [0.15, 0.2) is 47.6 Å². The monoisotopic (exact) mass is 410 g/mol. The fourth-order valence-electron chi connectivity index (χ4n) is 3.76. The van der Waals surface area contributed by atoms with Gasteiger partial charge in [0, 0.05) is 17.2 Å². The van der Waals surface area contributed by atoms with E-state index in [1.54, 1.807) is 26.4 Å². The van der Waals surface area contributed by atoms with Gasteiger partial charge in [0.25, 0.3) is 0 Å². The molecule has 2 unspecified atom stereocenters. The molecule has 0 aromatic heterocycles. The lowest BCUT2D eigenvalue weighted by Crippen LogP contribution is -2.43. The average molecular weight is 410 g/mol. The van der Waals surface area contributed by atoms with E-state index in [-0.39, 0.29) is 17.7 Å². The Morgan fingerprint density at radius 1 is 1.10 bits per heavy atom. The van der Waals surface area contributed by atoms with Crippen molar-refractivity contribution in [2.24, 2.45) is 22.7 Å². The van der Waals surface area contributed by atoms with Gasteiger partial charge in [-0.25, -0.2) is 10.2 Å². The Morgan fingerprint density at radius 2 is 1.80 bits per heavy atom. The largest absolute Gasteiger partial charge is 0.493 e. The van der Waals surface area contributed by atoms with Gasteiger partial charge in [-0.05, 0) is 48.7 Å². The van der Waals surface area contributed by atoms with E-state index in [1.807, 2.05) is 37.3 Å². The molecule has 0 saturated carbocycles. The number of ether oxygens (including phenoxy) is 2. The van der Waals surface area contributed by atoms with Crippen molar-refractivity contribution in [2.75, 3.05) is 19.5 Å². The number of hydrazone groups is 1. The van der Waals surface area contributed by atoms with E-state index < -0.39 is 6.03 Å². The van der Waals surface area contributed by atoms with Crippen LogP contribution in [0, 0.1) is 11.8 Å². The van der Waals surface area contributed by atoms with Crippen LogP contribution in [0.2, 0.25) is 0 Å². The lowest BCUT2D eigenvalue weighted by atomic mass is 9.78. The fraction of sp³-hybridized carbons (Fsp3) is 0.318. The first kappa shape index (κ1) is 21.2. The second kappa shape index (κ2) is 9.30. The molecule has 1 aliphatic heterocycles. The number of amides is 3. The number of hydrogen-bond acceptors (Lipinski definition) is 5. The minimum Gasteiger partial charge on any atom is -0.493 e. The normalized spacial score (nSPS) is 18.2. The molecule has 158 valence electrons. The molecule has 0 aliphatic carbocycles. The van der Waals surface area contributed by atoms with Crippen LogP contribution in [0.4, 0.5) is 10.5 Å². The SMILES string of the molecule is CCC1C(c2ccc(OC)c(OC)c2)=NNC(=O)C1Cc1ccc(NC(N)=O)cc1. The third kappa shape index (κ3) is 4.53. The van der Waals surface area contributed by atoms with Gasteiger partial charge in [0.05, 0.1) is 25.8 Å². The van der Waals surface area contributed by atoms with E-state index in [9.17, 15) is 9.59 Å². The summed E-state index contributed by atoms with van der Waals surface area (Å²) in [5.74, 6) is 0.811. The Labute approximate surface area is 175 Å². The number of carbonyl (C=O) groups is 2. The smallest absolute Gasteiger partial charge is 0.316 e. The molecule has 4 N–H and O–H groups in total. The summed E-state index contributed by atoms with van der Waals surface area (Å²) in [6.07, 6.45) is 1.31. The van der Waals surface area contributed by atoms with E-state index >= 15 is 0 Å². The molecule has 0 bridgehead atoms. The highest BCUT2D eigenvalue weighted by atomic mass is 16.5. The summed E-state index contributed by atoms with van der Waals surface area (Å²) in [7, 11) is 3.17. The summed E-state index contributed by atoms with van der Waals surface area (Å²) in [5, 5.41) is 6.89. The Hall–Kier alpha value is -3.55. The average Bonchev–Trinajstić information content (AvgIpc) is 2.75. The van der Waals surface area contributed by atoms with Gasteiger partial charge in [-0.3, -0.25) is 4.79 Å². The molecule has 3 rings (SSSR count). The molecular formula is C22H26N4O4. The van der Waals surface area contributed by atoms with Crippen molar-refractivity contribution >= 4 is 23.3 Å². The van der Waals surface area contributed by atoms with E-state index in [0.717, 1.165) is 23.3 Å². The summed E-state index contributed by atoms with van der Waals surface area (Å²) >= 11 is 0. The Bertz CT molecular complexity index is 956. The molecular weight excluding hydrogens is 384 g/mol. The van der Waals surface area contributed by atoms with E-state index in [4.69, 9.17) is 15.2 Å². The third-order valence-corrected chi connectivity index (χ3v) is 5.26. The van der Waals surface area contributed by atoms with Gasteiger partial charge in [0.2, 0.25) is 5.91 Å². The lowest BCUT2D eigenvalue weighted by molar-refractivity contribution is -0.126. The number of benzene rings is 2. The number of rotatable bonds is 7. The Kier molecular flexibility index (Phi) is 6.56. The second-order valence-corrected chi connectivity index (χ2v) is 7.05. The highest BCUT2D eigenvalue weighted by molar-refractivity contribution is 6.07. The number of nitrogens with zero attached hydrogens (tertiary/aromatic N) is 1. The standard InChI is InChI=1S/C22H26N4O4/c1-4-16-17(11-13-5-8-15(9-6-13)24-22(23)28)21(27)26-25-20(16)14-7-10-18(29-2)19(12-14)30-3/h5-10,12,16-17H,4,11H2,1-3H3,(H,26,27)(H3,23,24,28).